The van der Waals surface area contributed by atoms with Gasteiger partial charge in [-0.2, -0.15) is 0 Å². The number of benzene rings is 1. The Hall–Kier alpha value is -4.46. The lowest BCUT2D eigenvalue weighted by atomic mass is 9.73. The number of fused-ring (bicyclic) bond motifs is 2. The van der Waals surface area contributed by atoms with E-state index in [-0.39, 0.29) is 17.7 Å². The molecule has 4 atom stereocenters. The molecule has 46 heavy (non-hydrogen) atoms. The third-order valence-electron chi connectivity index (χ3n) is 8.94. The number of aliphatic hydroxyl groups is 1. The summed E-state index contributed by atoms with van der Waals surface area (Å²) in [5, 5.41) is 18.7. The van der Waals surface area contributed by atoms with Gasteiger partial charge < -0.3 is 40.6 Å². The average Bonchev–Trinajstić information content (AvgIpc) is 3.58. The molecule has 0 radical (unpaired) electrons. The van der Waals surface area contributed by atoms with Crippen LogP contribution in [0.5, 0.6) is 5.75 Å². The van der Waals surface area contributed by atoms with E-state index in [1.165, 1.54) is 33.4 Å². The van der Waals surface area contributed by atoms with Crippen molar-refractivity contribution in [3.05, 3.63) is 48.0 Å². The molecule has 14 heteroatoms. The molecule has 5 amide bonds. The molecule has 1 spiro atoms. The predicted octanol–water partition coefficient (Wildman–Crippen LogP) is 0.237. The van der Waals surface area contributed by atoms with Crippen LogP contribution >= 0.6 is 0 Å². The molecule has 2 aromatic rings. The van der Waals surface area contributed by atoms with Crippen LogP contribution in [0.4, 0.5) is 0 Å². The third kappa shape index (κ3) is 8.22. The van der Waals surface area contributed by atoms with E-state index in [0.717, 1.165) is 10.5 Å². The van der Waals surface area contributed by atoms with Crippen LogP contribution in [-0.4, -0.2) is 112 Å². The van der Waals surface area contributed by atoms with Crippen LogP contribution in [0.25, 0.3) is 0 Å². The Labute approximate surface area is 268 Å². The molecule has 5 N–H and O–H groups in total. The molecule has 3 heterocycles. The molecule has 0 unspecified atom stereocenters. The van der Waals surface area contributed by atoms with Crippen LogP contribution < -0.4 is 20.7 Å². The second-order valence-electron chi connectivity index (χ2n) is 12.7. The van der Waals surface area contributed by atoms with Crippen molar-refractivity contribution < 1.29 is 33.8 Å². The molecule has 250 valence electrons. The van der Waals surface area contributed by atoms with Crippen molar-refractivity contribution in [1.29, 1.82) is 0 Å². The molecule has 1 aromatic carbocycles. The minimum absolute atomic E-state index is 0.140. The number of hydrogen-bond donors (Lipinski definition) is 5. The van der Waals surface area contributed by atoms with Gasteiger partial charge in [-0.1, -0.05) is 26.0 Å². The zero-order valence-corrected chi connectivity index (χ0v) is 27.0. The third-order valence-corrected chi connectivity index (χ3v) is 8.94. The monoisotopic (exact) mass is 639 g/mol. The number of carbonyl (C=O) groups is 5. The van der Waals surface area contributed by atoms with Crippen molar-refractivity contribution in [2.75, 3.05) is 33.3 Å². The van der Waals surface area contributed by atoms with Gasteiger partial charge in [-0.25, -0.2) is 4.98 Å². The predicted molar refractivity (Wildman–Crippen MR) is 167 cm³/mol. The van der Waals surface area contributed by atoms with Gasteiger partial charge in [0.15, 0.2) is 6.61 Å². The van der Waals surface area contributed by atoms with Crippen LogP contribution in [0, 0.1) is 11.3 Å². The van der Waals surface area contributed by atoms with Crippen molar-refractivity contribution in [2.24, 2.45) is 11.3 Å². The maximum atomic E-state index is 13.6. The highest BCUT2D eigenvalue weighted by atomic mass is 16.5. The quantitative estimate of drug-likeness (QED) is 0.316. The number of aromatic nitrogens is 2. The van der Waals surface area contributed by atoms with Gasteiger partial charge in [-0.05, 0) is 62.1 Å². The standard InChI is InChI=1S/C32H45N7O7/c1-19(2)26-29(43)34-17-32(9-11-39(12-10-32)30(44)24-15-33-18-35-24)14-22-7-6-8-23(13-22)46-16-25(41)36-27(21(4)40)31(45)38(5)20(3)28(42)37-26/h6-8,13,15,18-21,26-27,40H,9-12,14,16-17H2,1-5H3,(H,33,35)(H,34,43)(H,36,41)(H,37,42)/t20-,21+,26+,27-/m0/s1. The first-order chi connectivity index (χ1) is 21.8. The summed E-state index contributed by atoms with van der Waals surface area (Å²) < 4.78 is 5.76. The van der Waals surface area contributed by atoms with E-state index in [1.807, 2.05) is 32.0 Å². The second kappa shape index (κ2) is 14.8. The van der Waals surface area contributed by atoms with Crippen LogP contribution in [0.2, 0.25) is 0 Å². The van der Waals surface area contributed by atoms with Crippen molar-refractivity contribution in [1.82, 2.24) is 35.7 Å². The molecule has 4 rings (SSSR count). The topological polar surface area (TPSA) is 186 Å². The number of amides is 5. The smallest absolute Gasteiger partial charge is 0.271 e. The van der Waals surface area contributed by atoms with E-state index < -0.39 is 54.0 Å². The van der Waals surface area contributed by atoms with Gasteiger partial charge in [0, 0.05) is 26.7 Å². The van der Waals surface area contributed by atoms with E-state index in [1.54, 1.807) is 11.0 Å². The first-order valence-corrected chi connectivity index (χ1v) is 15.6. The number of rotatable bonds is 3. The van der Waals surface area contributed by atoms with Crippen LogP contribution in [0.1, 0.15) is 56.6 Å². The van der Waals surface area contributed by atoms with E-state index in [4.69, 9.17) is 4.74 Å². The summed E-state index contributed by atoms with van der Waals surface area (Å²) in [7, 11) is 1.40. The van der Waals surface area contributed by atoms with Crippen LogP contribution in [-0.2, 0) is 25.6 Å². The van der Waals surface area contributed by atoms with Crippen LogP contribution in [0.3, 0.4) is 0 Å². The summed E-state index contributed by atoms with van der Waals surface area (Å²) in [5.74, 6) is -2.17. The Morgan fingerprint density at radius 3 is 2.41 bits per heavy atom. The molecule has 1 saturated heterocycles. The largest absolute Gasteiger partial charge is 0.484 e. The number of nitrogens with one attached hydrogen (secondary N) is 4. The minimum atomic E-state index is -1.32. The summed E-state index contributed by atoms with van der Waals surface area (Å²) in [6.07, 6.45) is 3.47. The zero-order chi connectivity index (χ0) is 33.6. The molecular weight excluding hydrogens is 594 g/mol. The Bertz CT molecular complexity index is 1400. The fourth-order valence-electron chi connectivity index (χ4n) is 5.85. The molecule has 2 aliphatic rings. The van der Waals surface area contributed by atoms with Gasteiger partial charge in [0.05, 0.1) is 18.6 Å². The fourth-order valence-corrected chi connectivity index (χ4v) is 5.85. The number of imidazole rings is 1. The fraction of sp³-hybridized carbons (Fsp3) is 0.562. The van der Waals surface area contributed by atoms with Gasteiger partial charge in [0.1, 0.15) is 29.6 Å². The van der Waals surface area contributed by atoms with Crippen molar-refractivity contribution in [3.63, 3.8) is 0 Å². The zero-order valence-electron chi connectivity index (χ0n) is 27.0. The first-order valence-electron chi connectivity index (χ1n) is 15.6. The van der Waals surface area contributed by atoms with E-state index in [2.05, 4.69) is 25.9 Å². The number of aliphatic hydroxyl groups excluding tert-OH is 1. The molecule has 0 aliphatic carbocycles. The summed E-state index contributed by atoms with van der Waals surface area (Å²) in [4.78, 5) is 75.7. The Morgan fingerprint density at radius 1 is 1.07 bits per heavy atom. The molecule has 1 aromatic heterocycles. The lowest BCUT2D eigenvalue weighted by Crippen LogP contribution is -2.59. The molecule has 14 nitrogen and oxygen atoms in total. The van der Waals surface area contributed by atoms with Crippen molar-refractivity contribution in [3.8, 4) is 5.75 Å². The highest BCUT2D eigenvalue weighted by Gasteiger charge is 2.39. The van der Waals surface area contributed by atoms with Gasteiger partial charge in [0.2, 0.25) is 17.7 Å². The number of aromatic amines is 1. The lowest BCUT2D eigenvalue weighted by molar-refractivity contribution is -0.144. The van der Waals surface area contributed by atoms with Crippen LogP contribution in [0.15, 0.2) is 36.8 Å². The molecule has 0 saturated carbocycles. The minimum Gasteiger partial charge on any atom is -0.484 e. The van der Waals surface area contributed by atoms with Gasteiger partial charge in [0.25, 0.3) is 11.8 Å². The number of likely N-dealkylation sites (N-methyl/N-ethyl adjacent to an activating group) is 1. The van der Waals surface area contributed by atoms with E-state index in [0.29, 0.717) is 50.3 Å². The Kier molecular flexibility index (Phi) is 11.0. The summed E-state index contributed by atoms with van der Waals surface area (Å²) in [6.45, 7) is 7.35. The van der Waals surface area contributed by atoms with Crippen molar-refractivity contribution >= 4 is 29.5 Å². The number of hydrogen-bond acceptors (Lipinski definition) is 8. The van der Waals surface area contributed by atoms with Gasteiger partial charge in [-0.15, -0.1) is 0 Å². The second-order valence-corrected chi connectivity index (χ2v) is 12.7. The lowest BCUT2D eigenvalue weighted by Gasteiger charge is -2.42. The van der Waals surface area contributed by atoms with Crippen molar-refractivity contribution in [2.45, 2.75) is 71.2 Å². The molecule has 1 fully saturated rings. The number of carbonyl (C=O) groups excluding carboxylic acids is 5. The van der Waals surface area contributed by atoms with Gasteiger partial charge >= 0.3 is 0 Å². The SMILES string of the molecule is CC(C)[C@H]1NC(=O)[C@H](C)N(C)C(=O)[C@H]([C@@H](C)O)NC(=O)COc2cccc(c2)CC2(CCN(C(=O)c3cnc[nH]3)CC2)CNC1=O. The summed E-state index contributed by atoms with van der Waals surface area (Å²) >= 11 is 0. The molecule has 2 aliphatic heterocycles. The average molecular weight is 640 g/mol. The number of ether oxygens (including phenoxy) is 1. The normalized spacial score (nSPS) is 24.2. The number of H-pyrrole nitrogens is 1. The van der Waals surface area contributed by atoms with E-state index >= 15 is 0 Å². The number of nitrogens with zero attached hydrogens (tertiary/aromatic N) is 3. The van der Waals surface area contributed by atoms with Gasteiger partial charge in [-0.3, -0.25) is 24.0 Å². The maximum Gasteiger partial charge on any atom is 0.271 e. The maximum absolute atomic E-state index is 13.6. The highest BCUT2D eigenvalue weighted by molar-refractivity contribution is 5.94. The van der Waals surface area contributed by atoms with E-state index in [9.17, 15) is 29.1 Å². The Morgan fingerprint density at radius 2 is 1.78 bits per heavy atom. The first kappa shape index (κ1) is 34.4. The number of piperidine rings is 1. The number of likely N-dealkylation sites (tertiary alicyclic amines) is 1. The Balaban J connectivity index is 1.63. The molecular formula is C32H45N7O7. The summed E-state index contributed by atoms with van der Waals surface area (Å²) in [5.41, 5.74) is 0.907. The summed E-state index contributed by atoms with van der Waals surface area (Å²) in [6, 6.07) is 4.09. The highest BCUT2D eigenvalue weighted by Crippen LogP contribution is 2.36. The molecule has 2 bridgehead atoms.